The first-order valence-electron chi connectivity index (χ1n) is 6.50. The summed E-state index contributed by atoms with van der Waals surface area (Å²) in [7, 11) is 3.53. The van der Waals surface area contributed by atoms with Gasteiger partial charge < -0.3 is 23.7 Å². The third-order valence-electron chi connectivity index (χ3n) is 2.48. The van der Waals surface area contributed by atoms with E-state index in [4.69, 9.17) is 23.7 Å². The lowest BCUT2D eigenvalue weighted by molar-refractivity contribution is -0.245. The maximum atomic E-state index is 5.65. The third-order valence-corrected chi connectivity index (χ3v) is 3.10. The zero-order valence-electron chi connectivity index (χ0n) is 11.4. The molecule has 0 saturated carbocycles. The first-order valence-corrected chi connectivity index (χ1v) is 7.00. The van der Waals surface area contributed by atoms with E-state index < -0.39 is 5.41 Å². The smallest absolute Gasteiger partial charge is 0.171 e. The van der Waals surface area contributed by atoms with Gasteiger partial charge in [0.25, 0.3) is 0 Å². The van der Waals surface area contributed by atoms with Crippen molar-refractivity contribution in [2.75, 3.05) is 39.6 Å². The Labute approximate surface area is 112 Å². The minimum absolute atomic E-state index is 0.246. The second-order valence-corrected chi connectivity index (χ2v) is 4.67. The molecule has 105 valence electrons. The molecule has 1 fully saturated rings. The summed E-state index contributed by atoms with van der Waals surface area (Å²) < 4.78 is 27.5. The topological polar surface area (TPSA) is 49.5 Å². The SMILES string of the molecule is CCOC(COCC1CO1)C([Si])(OCC)OCC. The molecule has 1 rings (SSSR count). The van der Waals surface area contributed by atoms with Crippen LogP contribution >= 0.6 is 0 Å². The van der Waals surface area contributed by atoms with Crippen molar-refractivity contribution in [3.05, 3.63) is 0 Å². The summed E-state index contributed by atoms with van der Waals surface area (Å²) in [5.41, 5.74) is -0.954. The first-order chi connectivity index (χ1) is 8.66. The lowest BCUT2D eigenvalue weighted by atomic mass is 10.3. The Balaban J connectivity index is 2.46. The van der Waals surface area contributed by atoms with Gasteiger partial charge in [-0.2, -0.15) is 0 Å². The molecule has 18 heavy (non-hydrogen) atoms. The molecule has 2 unspecified atom stereocenters. The van der Waals surface area contributed by atoms with Crippen molar-refractivity contribution in [1.82, 2.24) is 0 Å². The van der Waals surface area contributed by atoms with Crippen molar-refractivity contribution in [1.29, 1.82) is 0 Å². The Morgan fingerprint density at radius 1 is 1.22 bits per heavy atom. The molecule has 3 radical (unpaired) electrons. The molecule has 5 nitrogen and oxygen atoms in total. The van der Waals surface area contributed by atoms with Crippen molar-refractivity contribution < 1.29 is 23.7 Å². The van der Waals surface area contributed by atoms with Crippen LogP contribution in [0.5, 0.6) is 0 Å². The summed E-state index contributed by atoms with van der Waals surface area (Å²) >= 11 is 0. The van der Waals surface area contributed by atoms with E-state index in [0.29, 0.717) is 33.0 Å². The molecule has 0 spiro atoms. The van der Waals surface area contributed by atoms with Crippen LogP contribution in [-0.4, -0.2) is 67.5 Å². The minimum Gasteiger partial charge on any atom is -0.376 e. The number of epoxide rings is 1. The molecule has 1 aliphatic rings. The molecule has 0 aromatic carbocycles. The van der Waals surface area contributed by atoms with E-state index in [1.165, 1.54) is 0 Å². The van der Waals surface area contributed by atoms with Gasteiger partial charge in [0.15, 0.2) is 5.41 Å². The van der Waals surface area contributed by atoms with Gasteiger partial charge in [0.2, 0.25) is 0 Å². The molecule has 1 saturated heterocycles. The maximum Gasteiger partial charge on any atom is 0.171 e. The van der Waals surface area contributed by atoms with Crippen LogP contribution < -0.4 is 0 Å². The van der Waals surface area contributed by atoms with Crippen LogP contribution in [0.15, 0.2) is 0 Å². The van der Waals surface area contributed by atoms with E-state index in [0.717, 1.165) is 6.61 Å². The lowest BCUT2D eigenvalue weighted by Crippen LogP contribution is -2.52. The summed E-state index contributed by atoms with van der Waals surface area (Å²) in [5, 5.41) is 0. The molecular formula is C12H23O5Si. The number of rotatable bonds is 11. The van der Waals surface area contributed by atoms with E-state index in [-0.39, 0.29) is 12.2 Å². The number of ether oxygens (including phenoxy) is 5. The van der Waals surface area contributed by atoms with Gasteiger partial charge in [0.05, 0.1) is 19.8 Å². The van der Waals surface area contributed by atoms with Gasteiger partial charge >= 0.3 is 0 Å². The molecule has 0 N–H and O–H groups in total. The standard InChI is InChI=1S/C12H23O5Si/c1-4-14-11(9-13-7-10-8-15-10)12(18,16-5-2)17-6-3/h10-11H,4-9H2,1-3H3. The molecule has 0 aromatic rings. The fraction of sp³-hybridized carbons (Fsp3) is 1.00. The average Bonchev–Trinajstić information content (AvgIpc) is 3.12. The molecule has 0 aliphatic carbocycles. The van der Waals surface area contributed by atoms with Crippen LogP contribution in [0.1, 0.15) is 20.8 Å². The highest BCUT2D eigenvalue weighted by Crippen LogP contribution is 2.19. The highest BCUT2D eigenvalue weighted by Gasteiger charge is 2.37. The van der Waals surface area contributed by atoms with Gasteiger partial charge in [0, 0.05) is 19.8 Å². The van der Waals surface area contributed by atoms with Crippen molar-refractivity contribution in [2.24, 2.45) is 0 Å². The Morgan fingerprint density at radius 2 is 1.83 bits per heavy atom. The fourth-order valence-electron chi connectivity index (χ4n) is 1.60. The molecule has 1 aliphatic heterocycles. The zero-order valence-corrected chi connectivity index (χ0v) is 12.4. The third kappa shape index (κ3) is 5.34. The predicted octanol–water partition coefficient (Wildman–Crippen LogP) is 0.702. The van der Waals surface area contributed by atoms with Crippen LogP contribution in [0.4, 0.5) is 0 Å². The van der Waals surface area contributed by atoms with Crippen LogP contribution in [0, 0.1) is 0 Å². The summed E-state index contributed by atoms with van der Waals surface area (Å²) in [6, 6.07) is 0. The van der Waals surface area contributed by atoms with Crippen LogP contribution in [-0.2, 0) is 23.7 Å². The zero-order chi connectivity index (χ0) is 13.4. The summed E-state index contributed by atoms with van der Waals surface area (Å²) in [4.78, 5) is 0. The van der Waals surface area contributed by atoms with Gasteiger partial charge in [-0.25, -0.2) is 0 Å². The second-order valence-electron chi connectivity index (χ2n) is 3.97. The fourth-order valence-corrected chi connectivity index (χ4v) is 2.05. The normalized spacial score (nSPS) is 21.0. The quantitative estimate of drug-likeness (QED) is 0.316. The van der Waals surface area contributed by atoms with E-state index in [1.54, 1.807) is 0 Å². The predicted molar refractivity (Wildman–Crippen MR) is 67.7 cm³/mol. The van der Waals surface area contributed by atoms with E-state index >= 15 is 0 Å². The van der Waals surface area contributed by atoms with E-state index in [9.17, 15) is 0 Å². The highest BCUT2D eigenvalue weighted by atomic mass is 28.1. The molecular weight excluding hydrogens is 252 g/mol. The van der Waals surface area contributed by atoms with Gasteiger partial charge in [-0.05, 0) is 20.8 Å². The summed E-state index contributed by atoms with van der Waals surface area (Å²) in [6.07, 6.45) is -0.0756. The monoisotopic (exact) mass is 275 g/mol. The van der Waals surface area contributed by atoms with Crippen LogP contribution in [0.25, 0.3) is 0 Å². The molecule has 0 bridgehead atoms. The van der Waals surface area contributed by atoms with Gasteiger partial charge in [-0.15, -0.1) is 0 Å². The van der Waals surface area contributed by atoms with Crippen molar-refractivity contribution in [3.63, 3.8) is 0 Å². The Morgan fingerprint density at radius 3 is 2.28 bits per heavy atom. The largest absolute Gasteiger partial charge is 0.376 e. The summed E-state index contributed by atoms with van der Waals surface area (Å²) in [6.45, 7) is 9.15. The van der Waals surface area contributed by atoms with Crippen LogP contribution in [0.2, 0.25) is 0 Å². The summed E-state index contributed by atoms with van der Waals surface area (Å²) in [5.74, 6) is 0. The Bertz CT molecular complexity index is 217. The molecule has 6 heteroatoms. The first kappa shape index (κ1) is 16.1. The molecule has 1 heterocycles. The molecule has 0 aromatic heterocycles. The molecule has 0 amide bonds. The Kier molecular flexibility index (Phi) is 7.36. The van der Waals surface area contributed by atoms with E-state index in [1.807, 2.05) is 20.8 Å². The molecule has 2 atom stereocenters. The highest BCUT2D eigenvalue weighted by molar-refractivity contribution is 6.13. The van der Waals surface area contributed by atoms with Gasteiger partial charge in [0.1, 0.15) is 22.5 Å². The van der Waals surface area contributed by atoms with Crippen molar-refractivity contribution in [3.8, 4) is 0 Å². The van der Waals surface area contributed by atoms with Crippen molar-refractivity contribution >= 4 is 10.2 Å². The number of hydrogen-bond donors (Lipinski definition) is 0. The van der Waals surface area contributed by atoms with Gasteiger partial charge in [-0.3, -0.25) is 0 Å². The maximum absolute atomic E-state index is 5.65. The minimum atomic E-state index is -0.954. The lowest BCUT2D eigenvalue weighted by Gasteiger charge is -2.36. The van der Waals surface area contributed by atoms with Crippen molar-refractivity contribution in [2.45, 2.75) is 38.4 Å². The van der Waals surface area contributed by atoms with Crippen LogP contribution in [0.3, 0.4) is 0 Å². The average molecular weight is 275 g/mol. The van der Waals surface area contributed by atoms with Gasteiger partial charge in [-0.1, -0.05) is 0 Å². The number of hydrogen-bond acceptors (Lipinski definition) is 5. The Hall–Kier alpha value is 0.0169. The van der Waals surface area contributed by atoms with E-state index in [2.05, 4.69) is 10.2 Å². The second kappa shape index (κ2) is 8.24.